The monoisotopic (exact) mass is 324 g/mol. The molecule has 0 radical (unpaired) electrons. The van der Waals surface area contributed by atoms with E-state index in [2.05, 4.69) is 17.1 Å². The maximum absolute atomic E-state index is 12.6. The lowest BCUT2D eigenvalue weighted by Crippen LogP contribution is -2.39. The van der Waals surface area contributed by atoms with Crippen LogP contribution < -0.4 is 11.2 Å². The molecule has 0 aliphatic heterocycles. The van der Waals surface area contributed by atoms with Crippen molar-refractivity contribution < 1.29 is 0 Å². The van der Waals surface area contributed by atoms with E-state index in [0.717, 1.165) is 19.3 Å². The van der Waals surface area contributed by atoms with Gasteiger partial charge in [0, 0.05) is 20.1 Å². The van der Waals surface area contributed by atoms with Gasteiger partial charge in [-0.25, -0.2) is 9.78 Å². The Hall–Kier alpha value is -2.63. The van der Waals surface area contributed by atoms with Crippen LogP contribution in [0.4, 0.5) is 0 Å². The fourth-order valence-corrected chi connectivity index (χ4v) is 3.09. The maximum Gasteiger partial charge on any atom is 0.332 e. The van der Waals surface area contributed by atoms with Crippen LogP contribution >= 0.6 is 0 Å². The van der Waals surface area contributed by atoms with E-state index in [1.807, 2.05) is 22.8 Å². The summed E-state index contributed by atoms with van der Waals surface area (Å²) in [5.41, 5.74) is 1.71. The van der Waals surface area contributed by atoms with Gasteiger partial charge in [0.25, 0.3) is 5.56 Å². The Bertz CT molecular complexity index is 994. The largest absolute Gasteiger partial charge is 0.332 e. The minimum absolute atomic E-state index is 0.271. The normalized spacial score (nSPS) is 14.4. The molecule has 0 unspecified atom stereocenters. The van der Waals surface area contributed by atoms with Gasteiger partial charge in [-0.15, -0.1) is 0 Å². The number of rotatable bonds is 5. The SMILES string of the molecule is Cn1c(=O)c2c(ncn2CCc2ccccc2)n(CC2CC2)c1=O. The van der Waals surface area contributed by atoms with Crippen LogP contribution in [0.25, 0.3) is 11.2 Å². The Labute approximate surface area is 139 Å². The molecule has 6 heteroatoms. The zero-order valence-corrected chi connectivity index (χ0v) is 13.7. The second-order valence-electron chi connectivity index (χ2n) is 6.55. The summed E-state index contributed by atoms with van der Waals surface area (Å²) in [5.74, 6) is 0.540. The number of aromatic nitrogens is 4. The van der Waals surface area contributed by atoms with E-state index in [9.17, 15) is 9.59 Å². The Balaban J connectivity index is 1.76. The lowest BCUT2D eigenvalue weighted by molar-refractivity contribution is 0.576. The van der Waals surface area contributed by atoms with Crippen molar-refractivity contribution in [1.29, 1.82) is 0 Å². The number of fused-ring (bicyclic) bond motifs is 1. The van der Waals surface area contributed by atoms with Crippen molar-refractivity contribution >= 4 is 11.2 Å². The highest BCUT2D eigenvalue weighted by Crippen LogP contribution is 2.30. The quantitative estimate of drug-likeness (QED) is 0.715. The number of imidazole rings is 1. The Morgan fingerprint density at radius 3 is 2.62 bits per heavy atom. The van der Waals surface area contributed by atoms with Gasteiger partial charge in [-0.2, -0.15) is 0 Å². The highest BCUT2D eigenvalue weighted by Gasteiger charge is 2.25. The summed E-state index contributed by atoms with van der Waals surface area (Å²) in [5, 5.41) is 0. The van der Waals surface area contributed by atoms with Gasteiger partial charge in [0.1, 0.15) is 0 Å². The molecule has 1 aromatic carbocycles. The van der Waals surface area contributed by atoms with Crippen molar-refractivity contribution in [2.24, 2.45) is 13.0 Å². The molecule has 1 saturated carbocycles. The molecule has 0 amide bonds. The number of aryl methyl sites for hydroxylation is 2. The van der Waals surface area contributed by atoms with Crippen molar-refractivity contribution in [2.45, 2.75) is 32.4 Å². The van der Waals surface area contributed by atoms with Gasteiger partial charge < -0.3 is 4.57 Å². The lowest BCUT2D eigenvalue weighted by Gasteiger charge is -2.09. The Morgan fingerprint density at radius 2 is 1.92 bits per heavy atom. The number of nitrogens with zero attached hydrogens (tertiary/aromatic N) is 4. The topological polar surface area (TPSA) is 61.8 Å². The second kappa shape index (κ2) is 5.78. The van der Waals surface area contributed by atoms with Crippen LogP contribution in [0.5, 0.6) is 0 Å². The third-order valence-corrected chi connectivity index (χ3v) is 4.72. The fraction of sp³-hybridized carbons (Fsp3) is 0.389. The van der Waals surface area contributed by atoms with Crippen molar-refractivity contribution in [3.05, 3.63) is 63.1 Å². The first-order valence-electron chi connectivity index (χ1n) is 8.33. The molecular weight excluding hydrogens is 304 g/mol. The summed E-state index contributed by atoms with van der Waals surface area (Å²) >= 11 is 0. The molecule has 1 aliphatic rings. The minimum Gasteiger partial charge on any atom is -0.324 e. The van der Waals surface area contributed by atoms with Gasteiger partial charge in [0.2, 0.25) is 0 Å². The molecule has 0 saturated heterocycles. The van der Waals surface area contributed by atoms with E-state index in [0.29, 0.717) is 30.2 Å². The first kappa shape index (κ1) is 14.9. The molecule has 24 heavy (non-hydrogen) atoms. The number of hydrogen-bond acceptors (Lipinski definition) is 3. The first-order valence-corrected chi connectivity index (χ1v) is 8.33. The molecule has 0 spiro atoms. The number of hydrogen-bond donors (Lipinski definition) is 0. The molecule has 4 rings (SSSR count). The zero-order chi connectivity index (χ0) is 16.7. The van der Waals surface area contributed by atoms with E-state index in [4.69, 9.17) is 0 Å². The van der Waals surface area contributed by atoms with Gasteiger partial charge in [-0.1, -0.05) is 30.3 Å². The van der Waals surface area contributed by atoms with Crippen LogP contribution in [-0.2, 0) is 26.6 Å². The third-order valence-electron chi connectivity index (χ3n) is 4.72. The molecule has 3 aromatic rings. The molecule has 0 bridgehead atoms. The Morgan fingerprint density at radius 1 is 1.17 bits per heavy atom. The second-order valence-corrected chi connectivity index (χ2v) is 6.55. The molecular formula is C18H20N4O2. The average molecular weight is 324 g/mol. The van der Waals surface area contributed by atoms with E-state index in [1.54, 1.807) is 17.9 Å². The van der Waals surface area contributed by atoms with Gasteiger partial charge in [0.15, 0.2) is 11.2 Å². The lowest BCUT2D eigenvalue weighted by atomic mass is 10.1. The minimum atomic E-state index is -0.271. The summed E-state index contributed by atoms with van der Waals surface area (Å²) in [4.78, 5) is 29.4. The van der Waals surface area contributed by atoms with Crippen molar-refractivity contribution in [1.82, 2.24) is 18.7 Å². The summed E-state index contributed by atoms with van der Waals surface area (Å²) in [6.07, 6.45) is 4.78. The van der Waals surface area contributed by atoms with Crippen LogP contribution in [0.2, 0.25) is 0 Å². The smallest absolute Gasteiger partial charge is 0.324 e. The van der Waals surface area contributed by atoms with Crippen LogP contribution in [0.1, 0.15) is 18.4 Å². The zero-order valence-electron chi connectivity index (χ0n) is 13.7. The highest BCUT2D eigenvalue weighted by molar-refractivity contribution is 5.70. The van der Waals surface area contributed by atoms with Gasteiger partial charge in [-0.05, 0) is 30.7 Å². The molecule has 2 aromatic heterocycles. The van der Waals surface area contributed by atoms with Gasteiger partial charge in [0.05, 0.1) is 6.33 Å². The van der Waals surface area contributed by atoms with Crippen molar-refractivity contribution in [3.63, 3.8) is 0 Å². The average Bonchev–Trinajstić information content (AvgIpc) is 3.33. The summed E-state index contributed by atoms with van der Waals surface area (Å²) in [6, 6.07) is 10.1. The standard InChI is InChI=1S/C18H20N4O2/c1-20-17(23)15-16(22(18(20)24)11-14-7-8-14)19-12-21(15)10-9-13-5-3-2-4-6-13/h2-6,12,14H,7-11H2,1H3. The van der Waals surface area contributed by atoms with Crippen LogP contribution in [-0.4, -0.2) is 18.7 Å². The maximum atomic E-state index is 12.6. The summed E-state index contributed by atoms with van der Waals surface area (Å²) in [7, 11) is 1.54. The van der Waals surface area contributed by atoms with Gasteiger partial charge in [-0.3, -0.25) is 13.9 Å². The summed E-state index contributed by atoms with van der Waals surface area (Å²) in [6.45, 7) is 1.32. The van der Waals surface area contributed by atoms with Crippen molar-refractivity contribution in [3.8, 4) is 0 Å². The number of benzene rings is 1. The van der Waals surface area contributed by atoms with Crippen molar-refractivity contribution in [2.75, 3.05) is 0 Å². The highest BCUT2D eigenvalue weighted by atomic mass is 16.2. The fourth-order valence-electron chi connectivity index (χ4n) is 3.09. The Kier molecular flexibility index (Phi) is 3.59. The van der Waals surface area contributed by atoms with E-state index < -0.39 is 0 Å². The summed E-state index contributed by atoms with van der Waals surface area (Å²) < 4.78 is 4.73. The molecule has 2 heterocycles. The molecule has 0 atom stereocenters. The molecule has 1 fully saturated rings. The first-order chi connectivity index (χ1) is 11.6. The molecule has 0 N–H and O–H groups in total. The van der Waals surface area contributed by atoms with Crippen LogP contribution in [0.3, 0.4) is 0 Å². The van der Waals surface area contributed by atoms with Gasteiger partial charge >= 0.3 is 5.69 Å². The molecule has 1 aliphatic carbocycles. The van der Waals surface area contributed by atoms with E-state index in [1.165, 1.54) is 10.1 Å². The molecule has 6 nitrogen and oxygen atoms in total. The predicted octanol–water partition coefficient (Wildman–Crippen LogP) is 1.55. The van der Waals surface area contributed by atoms with Crippen LogP contribution in [0.15, 0.2) is 46.2 Å². The predicted molar refractivity (Wildman–Crippen MR) is 92.1 cm³/mol. The van der Waals surface area contributed by atoms with E-state index >= 15 is 0 Å². The molecule has 124 valence electrons. The van der Waals surface area contributed by atoms with Crippen LogP contribution in [0, 0.1) is 5.92 Å². The third kappa shape index (κ3) is 2.58. The van der Waals surface area contributed by atoms with E-state index in [-0.39, 0.29) is 11.2 Å².